The molecule has 0 saturated heterocycles. The Morgan fingerprint density at radius 3 is 2.50 bits per heavy atom. The molecule has 1 fully saturated rings. The molecule has 1 aliphatic carbocycles. The number of fused-ring (bicyclic) bond motifs is 1. The van der Waals surface area contributed by atoms with Gasteiger partial charge in [0.25, 0.3) is 5.91 Å². The van der Waals surface area contributed by atoms with Gasteiger partial charge in [-0.1, -0.05) is 65.5 Å². The number of benzene rings is 2. The molecule has 1 aliphatic heterocycles. The molecule has 2 N–H and O–H groups in total. The number of ketones is 1. The Morgan fingerprint density at radius 2 is 1.82 bits per heavy atom. The van der Waals surface area contributed by atoms with E-state index in [2.05, 4.69) is 21.2 Å². The summed E-state index contributed by atoms with van der Waals surface area (Å²) in [7, 11) is 0. The van der Waals surface area contributed by atoms with Crippen molar-refractivity contribution >= 4 is 33.3 Å². The Bertz CT molecular complexity index is 932. The first-order chi connectivity index (χ1) is 13.4. The highest BCUT2D eigenvalue weighted by Crippen LogP contribution is 2.44. The van der Waals surface area contributed by atoms with Crippen molar-refractivity contribution in [1.29, 1.82) is 0 Å². The van der Waals surface area contributed by atoms with Crippen molar-refractivity contribution in [1.82, 2.24) is 0 Å². The second-order valence-corrected chi connectivity index (χ2v) is 8.78. The van der Waals surface area contributed by atoms with Crippen LogP contribution in [0.15, 0.2) is 40.9 Å². The van der Waals surface area contributed by atoms with Crippen LogP contribution < -0.4 is 5.32 Å². The molecule has 146 valence electrons. The lowest BCUT2D eigenvalue weighted by Crippen LogP contribution is -2.36. The summed E-state index contributed by atoms with van der Waals surface area (Å²) >= 11 is 3.47. The number of rotatable bonds is 4. The van der Waals surface area contributed by atoms with Crippen molar-refractivity contribution in [2.24, 2.45) is 0 Å². The van der Waals surface area contributed by atoms with Crippen LogP contribution in [0.3, 0.4) is 0 Å². The number of amides is 1. The zero-order valence-electron chi connectivity index (χ0n) is 15.9. The van der Waals surface area contributed by atoms with Gasteiger partial charge in [0.2, 0.25) is 0 Å². The van der Waals surface area contributed by atoms with Crippen LogP contribution >= 0.6 is 15.9 Å². The van der Waals surface area contributed by atoms with Crippen LogP contribution in [0.5, 0.6) is 0 Å². The van der Waals surface area contributed by atoms with Gasteiger partial charge < -0.3 is 10.4 Å². The number of nitrogens with one attached hydrogen (secondary N) is 1. The van der Waals surface area contributed by atoms with Crippen LogP contribution in [0, 0.1) is 6.92 Å². The maximum atomic E-state index is 12.9. The summed E-state index contributed by atoms with van der Waals surface area (Å²) in [6.07, 6.45) is 5.97. The Balaban J connectivity index is 1.57. The maximum Gasteiger partial charge on any atom is 0.261 e. The van der Waals surface area contributed by atoms with Crippen molar-refractivity contribution in [2.45, 2.75) is 57.0 Å². The van der Waals surface area contributed by atoms with E-state index < -0.39 is 11.5 Å². The summed E-state index contributed by atoms with van der Waals surface area (Å²) in [5.74, 6) is -0.219. The summed E-state index contributed by atoms with van der Waals surface area (Å²) in [5, 5.41) is 13.8. The largest absolute Gasteiger partial charge is 0.375 e. The summed E-state index contributed by atoms with van der Waals surface area (Å²) in [5.41, 5.74) is 1.84. The lowest BCUT2D eigenvalue weighted by Gasteiger charge is -2.23. The smallest absolute Gasteiger partial charge is 0.261 e. The molecule has 4 nitrogen and oxygen atoms in total. The monoisotopic (exact) mass is 441 g/mol. The number of hydrogen-bond donors (Lipinski definition) is 2. The third-order valence-electron chi connectivity index (χ3n) is 6.10. The summed E-state index contributed by atoms with van der Waals surface area (Å²) < 4.78 is 0.659. The SMILES string of the molecule is Cc1ccc2c(c1Br)C(O)(CC(=O)c1ccc(C3CCCCC3)cc1)C(=O)N2. The van der Waals surface area contributed by atoms with E-state index in [4.69, 9.17) is 0 Å². The maximum absolute atomic E-state index is 12.9. The highest BCUT2D eigenvalue weighted by atomic mass is 79.9. The molecule has 2 aromatic rings. The van der Waals surface area contributed by atoms with Gasteiger partial charge in [0.1, 0.15) is 0 Å². The molecule has 0 spiro atoms. The standard InChI is InChI=1S/C23H24BrNO3/c1-14-7-12-18-20(21(14)24)23(28,22(27)25-18)13-19(26)17-10-8-16(9-11-17)15-5-3-2-4-6-15/h7-12,15,28H,2-6,13H2,1H3,(H,25,27). The summed E-state index contributed by atoms with van der Waals surface area (Å²) in [6, 6.07) is 11.3. The Morgan fingerprint density at radius 1 is 1.14 bits per heavy atom. The molecular weight excluding hydrogens is 418 g/mol. The quantitative estimate of drug-likeness (QED) is 0.639. The van der Waals surface area contributed by atoms with Gasteiger partial charge in [-0.25, -0.2) is 0 Å². The summed E-state index contributed by atoms with van der Waals surface area (Å²) in [4.78, 5) is 25.4. The van der Waals surface area contributed by atoms with E-state index in [0.717, 1.165) is 5.56 Å². The van der Waals surface area contributed by atoms with Crippen molar-refractivity contribution < 1.29 is 14.7 Å². The number of anilines is 1. The van der Waals surface area contributed by atoms with Gasteiger partial charge in [-0.15, -0.1) is 0 Å². The van der Waals surface area contributed by atoms with E-state index in [9.17, 15) is 14.7 Å². The minimum Gasteiger partial charge on any atom is -0.375 e. The highest BCUT2D eigenvalue weighted by Gasteiger charge is 2.48. The van der Waals surface area contributed by atoms with Gasteiger partial charge in [0.05, 0.1) is 6.42 Å². The second-order valence-electron chi connectivity index (χ2n) is 7.99. The fourth-order valence-electron chi connectivity index (χ4n) is 4.41. The third-order valence-corrected chi connectivity index (χ3v) is 7.12. The number of carbonyl (C=O) groups excluding carboxylic acids is 2. The molecule has 5 heteroatoms. The molecule has 0 aromatic heterocycles. The molecule has 1 atom stereocenters. The summed E-state index contributed by atoms with van der Waals surface area (Å²) in [6.45, 7) is 1.89. The lowest BCUT2D eigenvalue weighted by atomic mass is 9.83. The molecule has 2 aromatic carbocycles. The molecule has 1 saturated carbocycles. The van der Waals surface area contributed by atoms with Gasteiger partial charge in [-0.3, -0.25) is 9.59 Å². The number of carbonyl (C=O) groups is 2. The van der Waals surface area contributed by atoms with E-state index in [1.165, 1.54) is 37.7 Å². The molecule has 2 aliphatic rings. The van der Waals surface area contributed by atoms with Crippen LogP contribution in [0.1, 0.15) is 71.5 Å². The zero-order chi connectivity index (χ0) is 19.9. The van der Waals surface area contributed by atoms with Crippen molar-refractivity contribution in [2.75, 3.05) is 5.32 Å². The average Bonchev–Trinajstić information content (AvgIpc) is 2.96. The number of hydrogen-bond acceptors (Lipinski definition) is 3. The second kappa shape index (κ2) is 7.45. The molecule has 1 amide bonds. The number of aliphatic hydroxyl groups is 1. The van der Waals surface area contributed by atoms with Crippen LogP contribution in [-0.2, 0) is 10.4 Å². The fourth-order valence-corrected chi connectivity index (χ4v) is 5.08. The van der Waals surface area contributed by atoms with Crippen LogP contribution in [-0.4, -0.2) is 16.8 Å². The predicted octanol–water partition coefficient (Wildman–Crippen LogP) is 5.22. The lowest BCUT2D eigenvalue weighted by molar-refractivity contribution is -0.133. The number of aryl methyl sites for hydroxylation is 1. The Hall–Kier alpha value is -1.98. The van der Waals surface area contributed by atoms with Gasteiger partial charge in [-0.05, 0) is 42.9 Å². The van der Waals surface area contributed by atoms with E-state index in [-0.39, 0.29) is 12.2 Å². The third kappa shape index (κ3) is 3.31. The normalized spacial score (nSPS) is 22.0. The minimum atomic E-state index is -1.86. The first kappa shape index (κ1) is 19.3. The molecule has 0 radical (unpaired) electrons. The molecule has 4 rings (SSSR count). The van der Waals surface area contributed by atoms with E-state index >= 15 is 0 Å². The van der Waals surface area contributed by atoms with E-state index in [1.54, 1.807) is 6.07 Å². The zero-order valence-corrected chi connectivity index (χ0v) is 17.5. The first-order valence-electron chi connectivity index (χ1n) is 9.87. The Labute approximate surface area is 173 Å². The predicted molar refractivity (Wildman–Crippen MR) is 113 cm³/mol. The van der Waals surface area contributed by atoms with Gasteiger partial charge in [0.15, 0.2) is 11.4 Å². The van der Waals surface area contributed by atoms with E-state index in [1.807, 2.05) is 37.3 Å². The van der Waals surface area contributed by atoms with Gasteiger partial charge >= 0.3 is 0 Å². The number of Topliss-reactive ketones (excluding diaryl/α,β-unsaturated/α-hetero) is 1. The topological polar surface area (TPSA) is 66.4 Å². The molecular formula is C23H24BrNO3. The average molecular weight is 442 g/mol. The molecule has 0 bridgehead atoms. The Kier molecular flexibility index (Phi) is 5.15. The van der Waals surface area contributed by atoms with Crippen LogP contribution in [0.4, 0.5) is 5.69 Å². The van der Waals surface area contributed by atoms with E-state index in [0.29, 0.717) is 27.2 Å². The van der Waals surface area contributed by atoms with Gasteiger partial charge in [0, 0.05) is 21.3 Å². The van der Waals surface area contributed by atoms with Crippen molar-refractivity contribution in [3.63, 3.8) is 0 Å². The van der Waals surface area contributed by atoms with Gasteiger partial charge in [-0.2, -0.15) is 0 Å². The van der Waals surface area contributed by atoms with Crippen LogP contribution in [0.25, 0.3) is 0 Å². The van der Waals surface area contributed by atoms with Crippen molar-refractivity contribution in [3.05, 3.63) is 63.1 Å². The molecule has 28 heavy (non-hydrogen) atoms. The molecule has 1 unspecified atom stereocenters. The number of halogens is 1. The van der Waals surface area contributed by atoms with Crippen LogP contribution in [0.2, 0.25) is 0 Å². The minimum absolute atomic E-state index is 0.242. The highest BCUT2D eigenvalue weighted by molar-refractivity contribution is 9.10. The fraction of sp³-hybridized carbons (Fsp3) is 0.391. The molecule has 1 heterocycles. The van der Waals surface area contributed by atoms with Crippen molar-refractivity contribution in [3.8, 4) is 0 Å². The first-order valence-corrected chi connectivity index (χ1v) is 10.7.